The molecule has 0 atom stereocenters. The molecular weight excluding hydrogens is 439 g/mol. The fourth-order valence-electron chi connectivity index (χ4n) is 1.33. The zero-order valence-electron chi connectivity index (χ0n) is 16.0. The summed E-state index contributed by atoms with van der Waals surface area (Å²) in [6.07, 6.45) is 7.17. The Morgan fingerprint density at radius 3 is 0.778 bits per heavy atom. The number of Topliss-reactive ketones (excluding diaryl/α,β-unsaturated/α-hetero) is 4. The molecule has 0 saturated heterocycles. The summed E-state index contributed by atoms with van der Waals surface area (Å²) in [7, 11) is 0. The summed E-state index contributed by atoms with van der Waals surface area (Å²) in [6, 6.07) is 11.4. The maximum absolute atomic E-state index is 10.0. The van der Waals surface area contributed by atoms with Gasteiger partial charge in [-0.25, -0.2) is 0 Å². The van der Waals surface area contributed by atoms with Crippen LogP contribution in [0.5, 0.6) is 0 Å². The molecule has 0 aromatic carbocycles. The second kappa shape index (κ2) is 21.7. The molecule has 27 heavy (non-hydrogen) atoms. The summed E-state index contributed by atoms with van der Waals surface area (Å²) in [6.45, 7) is 5.62. The predicted molar refractivity (Wildman–Crippen MR) is 100 cm³/mol. The molecule has 2 aromatic rings. The largest absolute Gasteiger partial charge is 2.00 e. The van der Waals surface area contributed by atoms with Gasteiger partial charge in [-0.3, -0.25) is 29.1 Å². The first-order valence-corrected chi connectivity index (χ1v) is 7.93. The molecule has 0 N–H and O–H groups in total. The second-order valence-corrected chi connectivity index (χ2v) is 5.21. The van der Waals surface area contributed by atoms with Crippen molar-refractivity contribution >= 4 is 23.1 Å². The number of aromatic nitrogens is 2. The third-order valence-corrected chi connectivity index (χ3v) is 2.13. The average Bonchev–Trinajstić information content (AvgIpc) is 2.57. The van der Waals surface area contributed by atoms with Crippen molar-refractivity contribution in [2.75, 3.05) is 0 Å². The minimum atomic E-state index is -0.0625. The molecule has 2 heterocycles. The molecule has 2 rings (SSSR count). The molecule has 0 aliphatic rings. The van der Waals surface area contributed by atoms with Gasteiger partial charge in [0.1, 0.15) is 23.1 Å². The standard InChI is InChI=1S/2C5H5N.2C5H8O2.Pd/c2*1-2-4-6-5-3-1;2*1-4(6)3-5(2)7;/h2*1-5H;2*3H2,1-2H3;/q;;;;+2. The van der Waals surface area contributed by atoms with Crippen LogP contribution >= 0.6 is 0 Å². The van der Waals surface area contributed by atoms with Crippen LogP contribution in [0.1, 0.15) is 40.5 Å². The van der Waals surface area contributed by atoms with Crippen LogP contribution in [-0.4, -0.2) is 33.1 Å². The summed E-state index contributed by atoms with van der Waals surface area (Å²) >= 11 is 0. The number of hydrogen-bond donors (Lipinski definition) is 0. The Kier molecular flexibility index (Phi) is 23.6. The fourth-order valence-corrected chi connectivity index (χ4v) is 1.33. The van der Waals surface area contributed by atoms with E-state index in [0.717, 1.165) is 0 Å². The number of carbonyl (C=O) groups is 4. The third-order valence-electron chi connectivity index (χ3n) is 2.13. The van der Waals surface area contributed by atoms with E-state index in [-0.39, 0.29) is 56.4 Å². The fraction of sp³-hybridized carbons (Fsp3) is 0.300. The van der Waals surface area contributed by atoms with Gasteiger partial charge in [0.15, 0.2) is 0 Å². The van der Waals surface area contributed by atoms with E-state index in [4.69, 9.17) is 0 Å². The Balaban J connectivity index is -0.000000281. The number of nitrogens with zero attached hydrogens (tertiary/aromatic N) is 2. The van der Waals surface area contributed by atoms with Gasteiger partial charge in [0.05, 0.1) is 12.8 Å². The third kappa shape index (κ3) is 35.6. The molecule has 0 aliphatic carbocycles. The second-order valence-electron chi connectivity index (χ2n) is 5.21. The van der Waals surface area contributed by atoms with Gasteiger partial charge >= 0.3 is 20.4 Å². The molecule has 0 bridgehead atoms. The van der Waals surface area contributed by atoms with Gasteiger partial charge in [-0.1, -0.05) is 12.1 Å². The van der Waals surface area contributed by atoms with Crippen LogP contribution in [0.25, 0.3) is 0 Å². The van der Waals surface area contributed by atoms with E-state index >= 15 is 0 Å². The molecule has 0 saturated carbocycles. The van der Waals surface area contributed by atoms with Crippen molar-refractivity contribution in [3.05, 3.63) is 61.2 Å². The summed E-state index contributed by atoms with van der Waals surface area (Å²) < 4.78 is 0. The smallest absolute Gasteiger partial charge is 0.300 e. The van der Waals surface area contributed by atoms with Gasteiger partial charge in [-0.15, -0.1) is 0 Å². The van der Waals surface area contributed by atoms with Gasteiger partial charge in [0, 0.05) is 24.8 Å². The van der Waals surface area contributed by atoms with Crippen molar-refractivity contribution in [2.24, 2.45) is 0 Å². The Hall–Kier alpha value is -2.36. The van der Waals surface area contributed by atoms with Crippen LogP contribution in [0, 0.1) is 0 Å². The van der Waals surface area contributed by atoms with Gasteiger partial charge in [-0.2, -0.15) is 0 Å². The van der Waals surface area contributed by atoms with Crippen LogP contribution in [0.15, 0.2) is 61.2 Å². The van der Waals surface area contributed by atoms with E-state index < -0.39 is 0 Å². The van der Waals surface area contributed by atoms with Crippen molar-refractivity contribution in [3.63, 3.8) is 0 Å². The normalized spacial score (nSPS) is 7.85. The van der Waals surface area contributed by atoms with Gasteiger partial charge in [0.2, 0.25) is 0 Å². The Morgan fingerprint density at radius 2 is 0.741 bits per heavy atom. The SMILES string of the molecule is CC(=O)CC(C)=O.CC(=O)CC(C)=O.[Pd+2].c1ccncc1.c1ccncc1. The van der Waals surface area contributed by atoms with E-state index in [1.165, 1.54) is 27.7 Å². The molecule has 2 aromatic heterocycles. The maximum atomic E-state index is 10.0. The van der Waals surface area contributed by atoms with Crippen LogP contribution in [0.3, 0.4) is 0 Å². The van der Waals surface area contributed by atoms with Gasteiger partial charge < -0.3 is 0 Å². The first kappa shape index (κ1) is 29.4. The molecule has 0 amide bonds. The zero-order valence-corrected chi connectivity index (χ0v) is 17.6. The number of ketones is 4. The van der Waals surface area contributed by atoms with Crippen LogP contribution in [0.4, 0.5) is 0 Å². The molecule has 0 fully saturated rings. The molecule has 0 unspecified atom stereocenters. The van der Waals surface area contributed by atoms with Crippen LogP contribution < -0.4 is 0 Å². The van der Waals surface area contributed by atoms with E-state index in [9.17, 15) is 19.2 Å². The summed E-state index contributed by atoms with van der Waals surface area (Å²) in [5, 5.41) is 0. The Bertz CT molecular complexity index is 500. The summed E-state index contributed by atoms with van der Waals surface area (Å²) in [5.41, 5.74) is 0. The minimum Gasteiger partial charge on any atom is -0.300 e. The van der Waals surface area contributed by atoms with Crippen molar-refractivity contribution in [1.29, 1.82) is 0 Å². The Morgan fingerprint density at radius 1 is 0.519 bits per heavy atom. The molecule has 0 aliphatic heterocycles. The number of carbonyl (C=O) groups excluding carboxylic acids is 4. The van der Waals surface area contributed by atoms with E-state index in [2.05, 4.69) is 9.97 Å². The zero-order chi connectivity index (χ0) is 20.2. The van der Waals surface area contributed by atoms with Crippen LogP contribution in [0.2, 0.25) is 0 Å². The molecule has 0 spiro atoms. The van der Waals surface area contributed by atoms with Gasteiger partial charge in [0.25, 0.3) is 0 Å². The molecular formula is C20H26N2O4Pd+2. The molecule has 6 nitrogen and oxygen atoms in total. The quantitative estimate of drug-likeness (QED) is 0.509. The average molecular weight is 465 g/mol. The van der Waals surface area contributed by atoms with Crippen molar-refractivity contribution in [2.45, 2.75) is 40.5 Å². The molecule has 7 heteroatoms. The number of pyridine rings is 2. The molecule has 0 radical (unpaired) electrons. The molecule has 148 valence electrons. The first-order valence-electron chi connectivity index (χ1n) is 7.93. The summed E-state index contributed by atoms with van der Waals surface area (Å²) in [4.78, 5) is 47.7. The summed E-state index contributed by atoms with van der Waals surface area (Å²) in [5.74, 6) is -0.250. The monoisotopic (exact) mass is 464 g/mol. The van der Waals surface area contributed by atoms with Gasteiger partial charge in [-0.05, 0) is 52.0 Å². The first-order chi connectivity index (χ1) is 12.3. The van der Waals surface area contributed by atoms with Crippen molar-refractivity contribution < 1.29 is 39.6 Å². The van der Waals surface area contributed by atoms with Crippen molar-refractivity contribution in [1.82, 2.24) is 9.97 Å². The van der Waals surface area contributed by atoms with E-state index in [0.29, 0.717) is 0 Å². The Labute approximate surface area is 174 Å². The predicted octanol–water partition coefficient (Wildman–Crippen LogP) is 3.27. The van der Waals surface area contributed by atoms with Crippen LogP contribution in [-0.2, 0) is 39.6 Å². The maximum Gasteiger partial charge on any atom is 2.00 e. The number of rotatable bonds is 4. The minimum absolute atomic E-state index is 0. The van der Waals surface area contributed by atoms with Crippen molar-refractivity contribution in [3.8, 4) is 0 Å². The van der Waals surface area contributed by atoms with E-state index in [1.54, 1.807) is 24.8 Å². The van der Waals surface area contributed by atoms with E-state index in [1.807, 2.05) is 36.4 Å². The number of hydrogen-bond acceptors (Lipinski definition) is 6. The topological polar surface area (TPSA) is 94.1 Å².